The van der Waals surface area contributed by atoms with E-state index < -0.39 is 12.7 Å². The summed E-state index contributed by atoms with van der Waals surface area (Å²) in [6.07, 6.45) is -1.16. The van der Waals surface area contributed by atoms with E-state index in [0.29, 0.717) is 0 Å². The SMILES string of the molecule is [N-]=[N+]=NC[C@@H](O)c1ccccc1OC(F)F. The summed E-state index contributed by atoms with van der Waals surface area (Å²) in [5.74, 6) is -0.127. The zero-order valence-corrected chi connectivity index (χ0v) is 8.12. The normalized spacial score (nSPS) is 12.0. The monoisotopic (exact) mass is 229 g/mol. The van der Waals surface area contributed by atoms with E-state index in [9.17, 15) is 13.9 Å². The van der Waals surface area contributed by atoms with Crippen LogP contribution in [0, 0.1) is 0 Å². The van der Waals surface area contributed by atoms with Gasteiger partial charge in [0.2, 0.25) is 0 Å². The lowest BCUT2D eigenvalue weighted by Crippen LogP contribution is -2.08. The molecule has 86 valence electrons. The lowest BCUT2D eigenvalue weighted by Gasteiger charge is -2.13. The quantitative estimate of drug-likeness (QED) is 0.478. The molecule has 0 aromatic heterocycles. The van der Waals surface area contributed by atoms with Gasteiger partial charge in [-0.3, -0.25) is 0 Å². The molecule has 1 N–H and O–H groups in total. The molecule has 16 heavy (non-hydrogen) atoms. The number of hydrogen-bond donors (Lipinski definition) is 1. The summed E-state index contributed by atoms with van der Waals surface area (Å²) in [6.45, 7) is -3.20. The molecule has 0 heterocycles. The Balaban J connectivity index is 2.88. The van der Waals surface area contributed by atoms with Crippen LogP contribution in [0.25, 0.3) is 10.4 Å². The van der Waals surface area contributed by atoms with Crippen LogP contribution in [0.5, 0.6) is 5.75 Å². The Morgan fingerprint density at radius 1 is 1.44 bits per heavy atom. The molecular formula is C9H9F2N3O2. The number of aliphatic hydroxyl groups is 1. The molecule has 1 rings (SSSR count). The molecule has 0 radical (unpaired) electrons. The summed E-state index contributed by atoms with van der Waals surface area (Å²) in [4.78, 5) is 2.47. The zero-order valence-electron chi connectivity index (χ0n) is 8.12. The van der Waals surface area contributed by atoms with Gasteiger partial charge in [-0.25, -0.2) is 0 Å². The Hall–Kier alpha value is -1.85. The van der Waals surface area contributed by atoms with Crippen molar-refractivity contribution < 1.29 is 18.6 Å². The van der Waals surface area contributed by atoms with E-state index in [2.05, 4.69) is 14.8 Å². The van der Waals surface area contributed by atoms with Gasteiger partial charge in [-0.1, -0.05) is 23.3 Å². The molecule has 7 heteroatoms. The molecule has 0 fully saturated rings. The number of para-hydroxylation sites is 1. The van der Waals surface area contributed by atoms with Crippen LogP contribution in [0.3, 0.4) is 0 Å². The van der Waals surface area contributed by atoms with Crippen molar-refractivity contribution in [3.8, 4) is 5.75 Å². The third kappa shape index (κ3) is 3.38. The van der Waals surface area contributed by atoms with Crippen LogP contribution in [0.4, 0.5) is 8.78 Å². The maximum Gasteiger partial charge on any atom is 0.387 e. The largest absolute Gasteiger partial charge is 0.434 e. The van der Waals surface area contributed by atoms with Crippen molar-refractivity contribution in [2.45, 2.75) is 12.7 Å². The third-order valence-corrected chi connectivity index (χ3v) is 1.81. The van der Waals surface area contributed by atoms with Crippen LogP contribution in [-0.4, -0.2) is 18.3 Å². The Labute approximate surface area is 89.9 Å². The van der Waals surface area contributed by atoms with E-state index in [4.69, 9.17) is 5.53 Å². The van der Waals surface area contributed by atoms with Gasteiger partial charge in [0.05, 0.1) is 12.6 Å². The second kappa shape index (κ2) is 5.89. The highest BCUT2D eigenvalue weighted by Crippen LogP contribution is 2.26. The first-order valence-corrected chi connectivity index (χ1v) is 4.37. The summed E-state index contributed by atoms with van der Waals surface area (Å²) >= 11 is 0. The number of azide groups is 1. The molecule has 0 amide bonds. The van der Waals surface area contributed by atoms with E-state index in [-0.39, 0.29) is 17.9 Å². The summed E-state index contributed by atoms with van der Waals surface area (Å²) in [5.41, 5.74) is 8.23. The molecule has 0 spiro atoms. The summed E-state index contributed by atoms with van der Waals surface area (Å²) in [6, 6.07) is 5.80. The standard InChI is InChI=1S/C9H9F2N3O2/c10-9(11)16-8-4-2-1-3-6(8)7(15)5-13-14-12/h1-4,7,9,15H,5H2/t7-/m1/s1. The van der Waals surface area contributed by atoms with Crippen molar-refractivity contribution in [1.29, 1.82) is 0 Å². The van der Waals surface area contributed by atoms with Crippen molar-refractivity contribution in [1.82, 2.24) is 0 Å². The minimum atomic E-state index is -2.96. The predicted molar refractivity (Wildman–Crippen MR) is 52.0 cm³/mol. The van der Waals surface area contributed by atoms with Gasteiger partial charge in [0, 0.05) is 10.5 Å². The fourth-order valence-electron chi connectivity index (χ4n) is 1.17. The van der Waals surface area contributed by atoms with Crippen LogP contribution in [-0.2, 0) is 0 Å². The number of rotatable bonds is 5. The van der Waals surface area contributed by atoms with Crippen molar-refractivity contribution >= 4 is 0 Å². The first kappa shape index (κ1) is 12.2. The lowest BCUT2D eigenvalue weighted by atomic mass is 10.1. The summed E-state index contributed by atoms with van der Waals surface area (Å²) < 4.78 is 28.3. The van der Waals surface area contributed by atoms with Crippen molar-refractivity contribution in [3.05, 3.63) is 40.3 Å². The highest BCUT2D eigenvalue weighted by molar-refractivity contribution is 5.35. The van der Waals surface area contributed by atoms with Crippen LogP contribution >= 0.6 is 0 Å². The van der Waals surface area contributed by atoms with Crippen LogP contribution in [0.2, 0.25) is 0 Å². The number of aliphatic hydroxyl groups excluding tert-OH is 1. The molecule has 0 saturated carbocycles. The van der Waals surface area contributed by atoms with Gasteiger partial charge >= 0.3 is 6.61 Å². The van der Waals surface area contributed by atoms with E-state index >= 15 is 0 Å². The maximum atomic E-state index is 12.0. The molecule has 0 aliphatic heterocycles. The molecule has 0 saturated heterocycles. The second-order valence-corrected chi connectivity index (χ2v) is 2.85. The molecule has 0 unspecified atom stereocenters. The van der Waals surface area contributed by atoms with Crippen molar-refractivity contribution in [3.63, 3.8) is 0 Å². The molecule has 0 aliphatic rings. The van der Waals surface area contributed by atoms with E-state index in [1.807, 2.05) is 0 Å². The first-order chi connectivity index (χ1) is 7.65. The minimum Gasteiger partial charge on any atom is -0.434 e. The lowest BCUT2D eigenvalue weighted by molar-refractivity contribution is -0.0514. The number of hydrogen-bond acceptors (Lipinski definition) is 3. The average molecular weight is 229 g/mol. The number of ether oxygens (including phenoxy) is 1. The molecule has 1 atom stereocenters. The van der Waals surface area contributed by atoms with Gasteiger partial charge in [-0.15, -0.1) is 0 Å². The van der Waals surface area contributed by atoms with Crippen LogP contribution in [0.1, 0.15) is 11.7 Å². The van der Waals surface area contributed by atoms with Gasteiger partial charge in [-0.2, -0.15) is 8.78 Å². The molecule has 0 bridgehead atoms. The molecule has 1 aromatic rings. The Bertz CT molecular complexity index is 394. The smallest absolute Gasteiger partial charge is 0.387 e. The highest BCUT2D eigenvalue weighted by atomic mass is 19.3. The fraction of sp³-hybridized carbons (Fsp3) is 0.333. The second-order valence-electron chi connectivity index (χ2n) is 2.85. The molecule has 1 aromatic carbocycles. The van der Waals surface area contributed by atoms with Crippen LogP contribution in [0.15, 0.2) is 29.4 Å². The van der Waals surface area contributed by atoms with Gasteiger partial charge in [0.1, 0.15) is 5.75 Å². The predicted octanol–water partition coefficient (Wildman–Crippen LogP) is 2.63. The van der Waals surface area contributed by atoms with Crippen LogP contribution < -0.4 is 4.74 Å². The number of nitrogens with zero attached hydrogens (tertiary/aromatic N) is 3. The number of alkyl halides is 2. The molecule has 0 aliphatic carbocycles. The number of benzene rings is 1. The van der Waals surface area contributed by atoms with Crippen molar-refractivity contribution in [2.75, 3.05) is 6.54 Å². The number of halogens is 2. The average Bonchev–Trinajstić information content (AvgIpc) is 2.26. The molecule has 5 nitrogen and oxygen atoms in total. The minimum absolute atomic E-state index is 0.127. The first-order valence-electron chi connectivity index (χ1n) is 4.37. The van der Waals surface area contributed by atoms with Gasteiger partial charge in [-0.05, 0) is 11.6 Å². The third-order valence-electron chi connectivity index (χ3n) is 1.81. The van der Waals surface area contributed by atoms with Gasteiger partial charge in [0.15, 0.2) is 0 Å². The van der Waals surface area contributed by atoms with E-state index in [1.165, 1.54) is 18.2 Å². The van der Waals surface area contributed by atoms with Crippen molar-refractivity contribution in [2.24, 2.45) is 5.11 Å². The van der Waals surface area contributed by atoms with E-state index in [1.54, 1.807) is 6.07 Å². The molecular weight excluding hydrogens is 220 g/mol. The summed E-state index contributed by atoms with van der Waals surface area (Å²) in [5, 5.41) is 12.7. The topological polar surface area (TPSA) is 78.2 Å². The van der Waals surface area contributed by atoms with Gasteiger partial charge < -0.3 is 9.84 Å². The highest BCUT2D eigenvalue weighted by Gasteiger charge is 2.14. The zero-order chi connectivity index (χ0) is 12.0. The van der Waals surface area contributed by atoms with E-state index in [0.717, 1.165) is 0 Å². The Kier molecular flexibility index (Phi) is 4.50. The maximum absolute atomic E-state index is 12.0. The Morgan fingerprint density at radius 3 is 2.75 bits per heavy atom. The van der Waals surface area contributed by atoms with Gasteiger partial charge in [0.25, 0.3) is 0 Å². The summed E-state index contributed by atoms with van der Waals surface area (Å²) in [7, 11) is 0. The fourth-order valence-corrected chi connectivity index (χ4v) is 1.17. The Morgan fingerprint density at radius 2 is 2.12 bits per heavy atom.